The standard InChI is InChI=1S/C22H22N2O3/c1-3-5-6-11-22(26)27-15-21(25)23-16-12-13-20-18(14-16)17-9-7-8-10-19(17)24(20)4-2/h3,5-14H,4,15H2,1-2H3,(H,23,25)/b5-3+,11-6+. The van der Waals surface area contributed by atoms with Gasteiger partial charge in [0.25, 0.3) is 5.91 Å². The van der Waals surface area contributed by atoms with Crippen molar-refractivity contribution in [3.63, 3.8) is 0 Å². The fourth-order valence-electron chi connectivity index (χ4n) is 3.10. The van der Waals surface area contributed by atoms with Crippen molar-refractivity contribution in [2.24, 2.45) is 0 Å². The van der Waals surface area contributed by atoms with Gasteiger partial charge in [-0.2, -0.15) is 0 Å². The van der Waals surface area contributed by atoms with Gasteiger partial charge in [0.05, 0.1) is 0 Å². The molecule has 0 fully saturated rings. The molecule has 5 nitrogen and oxygen atoms in total. The van der Waals surface area contributed by atoms with Crippen LogP contribution in [0.25, 0.3) is 21.8 Å². The number of amides is 1. The Bertz CT molecular complexity index is 1040. The molecule has 3 aromatic rings. The minimum Gasteiger partial charge on any atom is -0.452 e. The highest BCUT2D eigenvalue weighted by Crippen LogP contribution is 2.30. The molecule has 0 aliphatic rings. The molecule has 27 heavy (non-hydrogen) atoms. The van der Waals surface area contributed by atoms with E-state index >= 15 is 0 Å². The number of carbonyl (C=O) groups excluding carboxylic acids is 2. The number of nitrogens with zero attached hydrogens (tertiary/aromatic N) is 1. The van der Waals surface area contributed by atoms with E-state index in [2.05, 4.69) is 28.9 Å². The van der Waals surface area contributed by atoms with Crippen molar-refractivity contribution in [1.82, 2.24) is 4.57 Å². The lowest BCUT2D eigenvalue weighted by Gasteiger charge is -2.07. The fraction of sp³-hybridized carbons (Fsp3) is 0.182. The van der Waals surface area contributed by atoms with Crippen molar-refractivity contribution in [2.45, 2.75) is 20.4 Å². The first kappa shape index (κ1) is 18.5. The number of esters is 1. The van der Waals surface area contributed by atoms with Crippen LogP contribution in [0.2, 0.25) is 0 Å². The summed E-state index contributed by atoms with van der Waals surface area (Å²) in [4.78, 5) is 23.6. The summed E-state index contributed by atoms with van der Waals surface area (Å²) in [6.45, 7) is 4.50. The summed E-state index contributed by atoms with van der Waals surface area (Å²) in [6.07, 6.45) is 6.35. The maximum absolute atomic E-state index is 12.1. The van der Waals surface area contributed by atoms with Crippen molar-refractivity contribution in [3.8, 4) is 0 Å². The van der Waals surface area contributed by atoms with Crippen LogP contribution in [0, 0.1) is 0 Å². The molecule has 2 aromatic carbocycles. The summed E-state index contributed by atoms with van der Waals surface area (Å²) in [5.74, 6) is -0.925. The second-order valence-electron chi connectivity index (χ2n) is 6.03. The van der Waals surface area contributed by atoms with Crippen molar-refractivity contribution >= 4 is 39.4 Å². The average Bonchev–Trinajstić information content (AvgIpc) is 3.00. The molecule has 0 saturated carbocycles. The van der Waals surface area contributed by atoms with Gasteiger partial charge in [-0.25, -0.2) is 4.79 Å². The summed E-state index contributed by atoms with van der Waals surface area (Å²) in [6, 6.07) is 14.0. The molecule has 0 bridgehead atoms. The van der Waals surface area contributed by atoms with Crippen LogP contribution < -0.4 is 5.32 Å². The normalized spacial score (nSPS) is 11.6. The number of fused-ring (bicyclic) bond motifs is 3. The summed E-state index contributed by atoms with van der Waals surface area (Å²) < 4.78 is 7.17. The van der Waals surface area contributed by atoms with E-state index in [0.29, 0.717) is 5.69 Å². The molecule has 0 saturated heterocycles. The Morgan fingerprint density at radius 3 is 2.63 bits per heavy atom. The van der Waals surface area contributed by atoms with E-state index in [0.717, 1.165) is 22.8 Å². The molecule has 3 rings (SSSR count). The van der Waals surface area contributed by atoms with Crippen molar-refractivity contribution in [2.75, 3.05) is 11.9 Å². The number of allylic oxidation sites excluding steroid dienone is 3. The number of aromatic nitrogens is 1. The first-order valence-electron chi connectivity index (χ1n) is 8.91. The van der Waals surface area contributed by atoms with Gasteiger partial charge in [-0.1, -0.05) is 36.4 Å². The molecule has 1 heterocycles. The molecule has 0 atom stereocenters. The van der Waals surface area contributed by atoms with Gasteiger partial charge in [0.1, 0.15) is 0 Å². The molecular formula is C22H22N2O3. The number of ether oxygens (including phenoxy) is 1. The van der Waals surface area contributed by atoms with E-state index in [1.807, 2.05) is 37.3 Å². The second kappa shape index (κ2) is 8.36. The van der Waals surface area contributed by atoms with E-state index in [9.17, 15) is 9.59 Å². The molecule has 0 spiro atoms. The van der Waals surface area contributed by atoms with E-state index in [1.54, 1.807) is 18.2 Å². The highest BCUT2D eigenvalue weighted by atomic mass is 16.5. The van der Waals surface area contributed by atoms with Crippen LogP contribution in [0.1, 0.15) is 13.8 Å². The van der Waals surface area contributed by atoms with Crippen LogP contribution in [0.5, 0.6) is 0 Å². The van der Waals surface area contributed by atoms with Gasteiger partial charge in [0.2, 0.25) is 0 Å². The quantitative estimate of drug-likeness (QED) is 0.401. The van der Waals surface area contributed by atoms with E-state index in [1.165, 1.54) is 11.6 Å². The Morgan fingerprint density at radius 1 is 1.07 bits per heavy atom. The SMILES string of the molecule is C/C=C/C=C/C(=O)OCC(=O)Nc1ccc2c(c1)c1ccccc1n2CC. The zero-order valence-electron chi connectivity index (χ0n) is 15.4. The third-order valence-corrected chi connectivity index (χ3v) is 4.25. The monoisotopic (exact) mass is 362 g/mol. The van der Waals surface area contributed by atoms with Gasteiger partial charge < -0.3 is 14.6 Å². The molecule has 0 unspecified atom stereocenters. The van der Waals surface area contributed by atoms with Crippen molar-refractivity contribution in [1.29, 1.82) is 0 Å². The van der Waals surface area contributed by atoms with Gasteiger partial charge in [0.15, 0.2) is 6.61 Å². The lowest BCUT2D eigenvalue weighted by atomic mass is 10.1. The maximum Gasteiger partial charge on any atom is 0.331 e. The topological polar surface area (TPSA) is 60.3 Å². The van der Waals surface area contributed by atoms with Crippen LogP contribution in [-0.4, -0.2) is 23.1 Å². The number of anilines is 1. The first-order valence-corrected chi connectivity index (χ1v) is 8.91. The van der Waals surface area contributed by atoms with Crippen LogP contribution >= 0.6 is 0 Å². The third-order valence-electron chi connectivity index (χ3n) is 4.25. The zero-order chi connectivity index (χ0) is 19.2. The lowest BCUT2D eigenvalue weighted by Crippen LogP contribution is -2.20. The molecule has 1 N–H and O–H groups in total. The smallest absolute Gasteiger partial charge is 0.331 e. The number of para-hydroxylation sites is 1. The number of rotatable bonds is 6. The second-order valence-corrected chi connectivity index (χ2v) is 6.03. The van der Waals surface area contributed by atoms with Gasteiger partial charge in [-0.15, -0.1) is 0 Å². The highest BCUT2D eigenvalue weighted by Gasteiger charge is 2.11. The number of carbonyl (C=O) groups is 2. The van der Waals surface area contributed by atoms with Gasteiger partial charge in [-0.3, -0.25) is 4.79 Å². The molecule has 0 aliphatic carbocycles. The predicted molar refractivity (Wildman–Crippen MR) is 109 cm³/mol. The van der Waals surface area contributed by atoms with E-state index in [4.69, 9.17) is 4.74 Å². The average molecular weight is 362 g/mol. The molecular weight excluding hydrogens is 340 g/mol. The number of benzene rings is 2. The fourth-order valence-corrected chi connectivity index (χ4v) is 3.10. The Labute approximate surface area is 157 Å². The lowest BCUT2D eigenvalue weighted by molar-refractivity contribution is -0.142. The summed E-state index contributed by atoms with van der Waals surface area (Å²) in [5, 5.41) is 5.01. The minimum atomic E-state index is -0.551. The summed E-state index contributed by atoms with van der Waals surface area (Å²) in [5.41, 5.74) is 2.96. The van der Waals surface area contributed by atoms with Crippen molar-refractivity contribution in [3.05, 3.63) is 66.8 Å². The summed E-state index contributed by atoms with van der Waals surface area (Å²) >= 11 is 0. The largest absolute Gasteiger partial charge is 0.452 e. The zero-order valence-corrected chi connectivity index (χ0v) is 15.4. The summed E-state index contributed by atoms with van der Waals surface area (Å²) in [7, 11) is 0. The van der Waals surface area contributed by atoms with E-state index in [-0.39, 0.29) is 12.5 Å². The van der Waals surface area contributed by atoms with Crippen LogP contribution in [0.3, 0.4) is 0 Å². The van der Waals surface area contributed by atoms with E-state index < -0.39 is 5.97 Å². The highest BCUT2D eigenvalue weighted by molar-refractivity contribution is 6.09. The third kappa shape index (κ3) is 4.08. The Kier molecular flexibility index (Phi) is 5.71. The molecule has 0 radical (unpaired) electrons. The number of nitrogens with one attached hydrogen (secondary N) is 1. The van der Waals surface area contributed by atoms with Gasteiger partial charge >= 0.3 is 5.97 Å². The predicted octanol–water partition coefficient (Wildman–Crippen LogP) is 4.43. The molecule has 1 amide bonds. The van der Waals surface area contributed by atoms with Gasteiger partial charge in [-0.05, 0) is 38.1 Å². The maximum atomic E-state index is 12.1. The Balaban J connectivity index is 1.75. The first-order chi connectivity index (χ1) is 13.1. The number of hydrogen-bond donors (Lipinski definition) is 1. The number of aryl methyl sites for hydroxylation is 1. The number of hydrogen-bond acceptors (Lipinski definition) is 3. The van der Waals surface area contributed by atoms with Crippen LogP contribution in [-0.2, 0) is 20.9 Å². The molecule has 1 aromatic heterocycles. The molecule has 138 valence electrons. The van der Waals surface area contributed by atoms with Crippen molar-refractivity contribution < 1.29 is 14.3 Å². The molecule has 5 heteroatoms. The Morgan fingerprint density at radius 2 is 1.85 bits per heavy atom. The molecule has 0 aliphatic heterocycles. The Hall–Kier alpha value is -3.34. The van der Waals surface area contributed by atoms with Crippen LogP contribution in [0.15, 0.2) is 66.8 Å². The minimum absolute atomic E-state index is 0.326. The van der Waals surface area contributed by atoms with Gasteiger partial charge in [0, 0.05) is 40.1 Å². The van der Waals surface area contributed by atoms with Crippen LogP contribution in [0.4, 0.5) is 5.69 Å².